The lowest BCUT2D eigenvalue weighted by Gasteiger charge is -2.26. The van der Waals surface area contributed by atoms with Crippen molar-refractivity contribution < 1.29 is 9.53 Å². The molecule has 2 amide bonds. The van der Waals surface area contributed by atoms with Crippen LogP contribution < -0.4 is 15.4 Å². The number of carbonyl (C=O) groups is 1. The van der Waals surface area contributed by atoms with Gasteiger partial charge in [-0.1, -0.05) is 41.9 Å². The Bertz CT molecular complexity index is 691. The summed E-state index contributed by atoms with van der Waals surface area (Å²) in [5, 5.41) is 6.36. The Labute approximate surface area is 147 Å². The first-order valence-corrected chi connectivity index (χ1v) is 7.99. The molecule has 0 heterocycles. The standard InChI is InChI=1S/C18H22ClN3O2/c1-22(2)16(13-8-4-5-9-14(13)19)12-20-18(23)21-15-10-6-7-11-17(15)24-3/h4-11,16H,12H2,1-3H3,(H2,20,21,23). The van der Waals surface area contributed by atoms with Crippen molar-refractivity contribution in [2.24, 2.45) is 0 Å². The summed E-state index contributed by atoms with van der Waals surface area (Å²) in [5.41, 5.74) is 1.60. The summed E-state index contributed by atoms with van der Waals surface area (Å²) in [7, 11) is 5.47. The van der Waals surface area contributed by atoms with Crippen LogP contribution in [0.25, 0.3) is 0 Å². The predicted molar refractivity (Wildman–Crippen MR) is 97.9 cm³/mol. The smallest absolute Gasteiger partial charge is 0.319 e. The van der Waals surface area contributed by atoms with Crippen LogP contribution in [0, 0.1) is 0 Å². The zero-order valence-electron chi connectivity index (χ0n) is 14.0. The third kappa shape index (κ3) is 4.63. The first kappa shape index (κ1) is 18.1. The van der Waals surface area contributed by atoms with Gasteiger partial charge in [0.25, 0.3) is 0 Å². The summed E-state index contributed by atoms with van der Waals surface area (Å²) in [5.74, 6) is 0.614. The Kier molecular flexibility index (Phi) is 6.46. The van der Waals surface area contributed by atoms with Crippen LogP contribution >= 0.6 is 11.6 Å². The molecule has 1 unspecified atom stereocenters. The van der Waals surface area contributed by atoms with Gasteiger partial charge in [0.1, 0.15) is 5.75 Å². The van der Waals surface area contributed by atoms with Crippen LogP contribution in [0.15, 0.2) is 48.5 Å². The number of carbonyl (C=O) groups excluding carboxylic acids is 1. The highest BCUT2D eigenvalue weighted by Gasteiger charge is 2.18. The molecule has 0 aliphatic carbocycles. The molecule has 1 atom stereocenters. The molecular formula is C18H22ClN3O2. The highest BCUT2D eigenvalue weighted by Crippen LogP contribution is 2.26. The second-order valence-electron chi connectivity index (χ2n) is 5.54. The number of anilines is 1. The van der Waals surface area contributed by atoms with Gasteiger partial charge < -0.3 is 20.3 Å². The number of methoxy groups -OCH3 is 1. The molecule has 6 heteroatoms. The van der Waals surface area contributed by atoms with E-state index in [1.165, 1.54) is 0 Å². The van der Waals surface area contributed by atoms with E-state index in [-0.39, 0.29) is 12.1 Å². The van der Waals surface area contributed by atoms with Crippen molar-refractivity contribution in [3.8, 4) is 5.75 Å². The fourth-order valence-corrected chi connectivity index (χ4v) is 2.68. The Morgan fingerprint density at radius 1 is 1.17 bits per heavy atom. The number of benzene rings is 2. The lowest BCUT2D eigenvalue weighted by molar-refractivity contribution is 0.243. The molecule has 0 spiro atoms. The number of halogens is 1. The number of para-hydroxylation sites is 2. The van der Waals surface area contributed by atoms with E-state index in [9.17, 15) is 4.79 Å². The monoisotopic (exact) mass is 347 g/mol. The third-order valence-corrected chi connectivity index (χ3v) is 4.04. The molecule has 0 saturated heterocycles. The van der Waals surface area contributed by atoms with Crippen LogP contribution in [0.5, 0.6) is 5.75 Å². The van der Waals surface area contributed by atoms with E-state index in [1.807, 2.05) is 55.4 Å². The predicted octanol–water partition coefficient (Wildman–Crippen LogP) is 3.77. The van der Waals surface area contributed by atoms with Crippen LogP contribution in [0.3, 0.4) is 0 Å². The SMILES string of the molecule is COc1ccccc1NC(=O)NCC(c1ccccc1Cl)N(C)C. The number of amides is 2. The van der Waals surface area contributed by atoms with E-state index in [1.54, 1.807) is 19.2 Å². The lowest BCUT2D eigenvalue weighted by atomic mass is 10.1. The minimum Gasteiger partial charge on any atom is -0.495 e. The fourth-order valence-electron chi connectivity index (χ4n) is 2.42. The molecule has 2 N–H and O–H groups in total. The second kappa shape index (κ2) is 8.57. The van der Waals surface area contributed by atoms with E-state index in [0.29, 0.717) is 23.0 Å². The van der Waals surface area contributed by atoms with Gasteiger partial charge in [0, 0.05) is 11.6 Å². The van der Waals surface area contributed by atoms with Crippen molar-refractivity contribution in [2.75, 3.05) is 33.1 Å². The average molecular weight is 348 g/mol. The van der Waals surface area contributed by atoms with Gasteiger partial charge in [-0.3, -0.25) is 0 Å². The molecular weight excluding hydrogens is 326 g/mol. The molecule has 2 aromatic carbocycles. The number of nitrogens with zero attached hydrogens (tertiary/aromatic N) is 1. The van der Waals surface area contributed by atoms with Crippen LogP contribution in [0.2, 0.25) is 5.02 Å². The number of likely N-dealkylation sites (N-methyl/N-ethyl adjacent to an activating group) is 1. The van der Waals surface area contributed by atoms with Crippen LogP contribution in [-0.4, -0.2) is 38.7 Å². The van der Waals surface area contributed by atoms with Gasteiger partial charge in [-0.15, -0.1) is 0 Å². The highest BCUT2D eigenvalue weighted by molar-refractivity contribution is 6.31. The minimum atomic E-state index is -0.293. The van der Waals surface area contributed by atoms with Crippen molar-refractivity contribution in [1.29, 1.82) is 0 Å². The van der Waals surface area contributed by atoms with Crippen molar-refractivity contribution in [3.63, 3.8) is 0 Å². The first-order valence-electron chi connectivity index (χ1n) is 7.61. The zero-order valence-corrected chi connectivity index (χ0v) is 14.8. The van der Waals surface area contributed by atoms with E-state index >= 15 is 0 Å². The Balaban J connectivity index is 2.02. The maximum Gasteiger partial charge on any atom is 0.319 e. The molecule has 0 aromatic heterocycles. The number of urea groups is 1. The number of nitrogens with one attached hydrogen (secondary N) is 2. The zero-order chi connectivity index (χ0) is 17.5. The van der Waals surface area contributed by atoms with E-state index in [4.69, 9.17) is 16.3 Å². The van der Waals surface area contributed by atoms with E-state index in [2.05, 4.69) is 10.6 Å². The summed E-state index contributed by atoms with van der Waals surface area (Å²) in [6.07, 6.45) is 0. The Hall–Kier alpha value is -2.24. The summed E-state index contributed by atoms with van der Waals surface area (Å²) in [6.45, 7) is 0.428. The maximum atomic E-state index is 12.2. The maximum absolute atomic E-state index is 12.2. The summed E-state index contributed by atoms with van der Waals surface area (Å²) in [4.78, 5) is 14.2. The first-order chi connectivity index (χ1) is 11.5. The van der Waals surface area contributed by atoms with Gasteiger partial charge in [-0.05, 0) is 37.9 Å². The summed E-state index contributed by atoms with van der Waals surface area (Å²) in [6, 6.07) is 14.6. The quantitative estimate of drug-likeness (QED) is 0.836. The van der Waals surface area contributed by atoms with Crippen LogP contribution in [-0.2, 0) is 0 Å². The van der Waals surface area contributed by atoms with E-state index in [0.717, 1.165) is 5.56 Å². The van der Waals surface area contributed by atoms with Gasteiger partial charge in [0.05, 0.1) is 18.8 Å². The lowest BCUT2D eigenvalue weighted by Crippen LogP contribution is -2.37. The van der Waals surface area contributed by atoms with Gasteiger partial charge in [-0.25, -0.2) is 4.79 Å². The van der Waals surface area contributed by atoms with Crippen molar-refractivity contribution in [2.45, 2.75) is 6.04 Å². The molecule has 2 rings (SSSR count). The summed E-state index contributed by atoms with van der Waals surface area (Å²) < 4.78 is 5.23. The Morgan fingerprint density at radius 3 is 2.50 bits per heavy atom. The molecule has 5 nitrogen and oxygen atoms in total. The molecule has 2 aromatic rings. The summed E-state index contributed by atoms with van der Waals surface area (Å²) >= 11 is 6.28. The Morgan fingerprint density at radius 2 is 1.83 bits per heavy atom. The molecule has 24 heavy (non-hydrogen) atoms. The number of ether oxygens (including phenoxy) is 1. The van der Waals surface area contributed by atoms with Gasteiger partial charge in [-0.2, -0.15) is 0 Å². The largest absolute Gasteiger partial charge is 0.495 e. The molecule has 0 aliphatic rings. The second-order valence-corrected chi connectivity index (χ2v) is 5.94. The third-order valence-electron chi connectivity index (χ3n) is 3.70. The molecule has 0 fully saturated rings. The van der Waals surface area contributed by atoms with Gasteiger partial charge >= 0.3 is 6.03 Å². The molecule has 128 valence electrons. The van der Waals surface area contributed by atoms with Crippen LogP contribution in [0.4, 0.5) is 10.5 Å². The van der Waals surface area contributed by atoms with Gasteiger partial charge in [0.2, 0.25) is 0 Å². The fraction of sp³-hybridized carbons (Fsp3) is 0.278. The topological polar surface area (TPSA) is 53.6 Å². The average Bonchev–Trinajstić information content (AvgIpc) is 2.57. The van der Waals surface area contributed by atoms with Crippen LogP contribution in [0.1, 0.15) is 11.6 Å². The highest BCUT2D eigenvalue weighted by atomic mass is 35.5. The number of hydrogen-bond donors (Lipinski definition) is 2. The van der Waals surface area contributed by atoms with Crippen molar-refractivity contribution in [1.82, 2.24) is 10.2 Å². The number of rotatable bonds is 6. The van der Waals surface area contributed by atoms with Crippen molar-refractivity contribution >= 4 is 23.3 Å². The van der Waals surface area contributed by atoms with Crippen molar-refractivity contribution in [3.05, 3.63) is 59.1 Å². The van der Waals surface area contributed by atoms with Gasteiger partial charge in [0.15, 0.2) is 0 Å². The van der Waals surface area contributed by atoms with E-state index < -0.39 is 0 Å². The normalized spacial score (nSPS) is 11.9. The molecule has 0 bridgehead atoms. The number of hydrogen-bond acceptors (Lipinski definition) is 3. The molecule has 0 saturated carbocycles. The minimum absolute atomic E-state index is 0.0258. The molecule has 0 radical (unpaired) electrons. The molecule has 0 aliphatic heterocycles.